The maximum atomic E-state index is 11.4. The van der Waals surface area contributed by atoms with Gasteiger partial charge in [0.2, 0.25) is 0 Å². The fourth-order valence-corrected chi connectivity index (χ4v) is 1.32. The summed E-state index contributed by atoms with van der Waals surface area (Å²) in [5.74, 6) is 0.229. The van der Waals surface area contributed by atoms with E-state index in [0.29, 0.717) is 6.61 Å². The van der Waals surface area contributed by atoms with Crippen LogP contribution < -0.4 is 0 Å². The van der Waals surface area contributed by atoms with Crippen LogP contribution in [-0.4, -0.2) is 43.5 Å². The molecule has 0 aromatic rings. The highest BCUT2D eigenvalue weighted by Crippen LogP contribution is 2.23. The number of nitrogens with zero attached hydrogens (tertiary/aromatic N) is 1. The Kier molecular flexibility index (Phi) is 6.35. The first-order valence-corrected chi connectivity index (χ1v) is 6.36. The Labute approximate surface area is 107 Å². The van der Waals surface area contributed by atoms with Crippen molar-refractivity contribution in [2.75, 3.05) is 27.2 Å². The summed E-state index contributed by atoms with van der Waals surface area (Å²) in [6, 6.07) is 0. The Hall–Kier alpha value is -0.410. The molecule has 0 aromatic heterocycles. The normalized spacial score (nSPS) is 13.2. The van der Waals surface area contributed by atoms with E-state index in [9.17, 15) is 4.79 Å². The molecule has 0 N–H and O–H groups in total. The average molecular weight is 243 g/mol. The minimum atomic E-state index is -0.266. The Bertz CT molecular complexity index is 245. The summed E-state index contributed by atoms with van der Waals surface area (Å²) >= 11 is 0. The second kappa shape index (κ2) is 6.50. The molecule has 0 spiro atoms. The Morgan fingerprint density at radius 2 is 1.65 bits per heavy atom. The fraction of sp³-hybridized carbons (Fsp3) is 0.929. The Balaban J connectivity index is 3.98. The van der Waals surface area contributed by atoms with E-state index in [1.54, 1.807) is 6.92 Å². The molecule has 17 heavy (non-hydrogen) atoms. The number of ether oxygens (including phenoxy) is 1. The first-order valence-electron chi connectivity index (χ1n) is 6.36. The van der Waals surface area contributed by atoms with Gasteiger partial charge < -0.3 is 9.64 Å². The summed E-state index contributed by atoms with van der Waals surface area (Å²) in [4.78, 5) is 13.5. The van der Waals surface area contributed by atoms with Crippen molar-refractivity contribution in [2.24, 2.45) is 5.41 Å². The van der Waals surface area contributed by atoms with E-state index in [4.69, 9.17) is 4.74 Å². The molecule has 0 unspecified atom stereocenters. The van der Waals surface area contributed by atoms with Gasteiger partial charge in [0.25, 0.3) is 0 Å². The van der Waals surface area contributed by atoms with E-state index in [1.165, 1.54) is 0 Å². The monoisotopic (exact) mass is 243 g/mol. The van der Waals surface area contributed by atoms with Crippen LogP contribution in [0.1, 0.15) is 47.5 Å². The van der Waals surface area contributed by atoms with Crippen molar-refractivity contribution >= 4 is 5.78 Å². The molecule has 0 bridgehead atoms. The average Bonchev–Trinajstić information content (AvgIpc) is 2.14. The van der Waals surface area contributed by atoms with Crippen LogP contribution in [0.2, 0.25) is 0 Å². The van der Waals surface area contributed by atoms with Crippen LogP contribution in [0.25, 0.3) is 0 Å². The second-order valence-electron chi connectivity index (χ2n) is 6.35. The lowest BCUT2D eigenvalue weighted by Crippen LogP contribution is -2.32. The summed E-state index contributed by atoms with van der Waals surface area (Å²) < 4.78 is 5.89. The molecule has 0 atom stereocenters. The molecular formula is C14H29NO2. The highest BCUT2D eigenvalue weighted by molar-refractivity contribution is 5.81. The summed E-state index contributed by atoms with van der Waals surface area (Å²) in [6.45, 7) is 11.5. The third-order valence-corrected chi connectivity index (χ3v) is 3.33. The molecule has 0 saturated heterocycles. The molecular weight excluding hydrogens is 214 g/mol. The molecule has 0 fully saturated rings. The van der Waals surface area contributed by atoms with Gasteiger partial charge in [-0.2, -0.15) is 0 Å². The van der Waals surface area contributed by atoms with Gasteiger partial charge in [0.05, 0.1) is 5.60 Å². The number of rotatable bonds is 8. The minimum absolute atomic E-state index is 0.114. The Morgan fingerprint density at radius 1 is 1.12 bits per heavy atom. The number of hydrogen-bond acceptors (Lipinski definition) is 3. The third kappa shape index (κ3) is 7.50. The van der Waals surface area contributed by atoms with E-state index in [0.717, 1.165) is 19.4 Å². The lowest BCUT2D eigenvalue weighted by atomic mass is 9.86. The van der Waals surface area contributed by atoms with Gasteiger partial charge in [-0.1, -0.05) is 13.8 Å². The molecule has 0 aliphatic heterocycles. The summed E-state index contributed by atoms with van der Waals surface area (Å²) in [7, 11) is 4.13. The molecule has 0 aromatic carbocycles. The standard InChI is InChI=1S/C14H29NO2/c1-12(16)13(2,3)9-11-17-14(4,5)8-10-15(6)7/h8-11H2,1-7H3. The number of ketones is 1. The van der Waals surface area contributed by atoms with E-state index in [-0.39, 0.29) is 16.8 Å². The third-order valence-electron chi connectivity index (χ3n) is 3.33. The van der Waals surface area contributed by atoms with Crippen molar-refractivity contribution in [3.63, 3.8) is 0 Å². The van der Waals surface area contributed by atoms with Crippen LogP contribution in [0.3, 0.4) is 0 Å². The predicted octanol–water partition coefficient (Wildman–Crippen LogP) is 2.74. The highest BCUT2D eigenvalue weighted by atomic mass is 16.5. The van der Waals surface area contributed by atoms with Gasteiger partial charge in [-0.25, -0.2) is 0 Å². The van der Waals surface area contributed by atoms with Crippen LogP contribution in [0.15, 0.2) is 0 Å². The molecule has 0 amide bonds. The first kappa shape index (κ1) is 16.6. The van der Waals surface area contributed by atoms with Gasteiger partial charge >= 0.3 is 0 Å². The van der Waals surface area contributed by atoms with Crippen LogP contribution in [0.5, 0.6) is 0 Å². The van der Waals surface area contributed by atoms with E-state index < -0.39 is 0 Å². The molecule has 0 rings (SSSR count). The zero-order chi connectivity index (χ0) is 13.7. The lowest BCUT2D eigenvalue weighted by Gasteiger charge is -2.29. The molecule has 3 nitrogen and oxygen atoms in total. The highest BCUT2D eigenvalue weighted by Gasteiger charge is 2.25. The maximum absolute atomic E-state index is 11.4. The summed E-state index contributed by atoms with van der Waals surface area (Å²) in [5.41, 5.74) is -0.380. The van der Waals surface area contributed by atoms with Crippen molar-refractivity contribution in [3.8, 4) is 0 Å². The Morgan fingerprint density at radius 3 is 2.06 bits per heavy atom. The van der Waals surface area contributed by atoms with Crippen LogP contribution >= 0.6 is 0 Å². The SMILES string of the molecule is CC(=O)C(C)(C)CCOC(C)(C)CCN(C)C. The number of hydrogen-bond donors (Lipinski definition) is 0. The van der Waals surface area contributed by atoms with Crippen molar-refractivity contribution in [2.45, 2.75) is 53.1 Å². The van der Waals surface area contributed by atoms with Gasteiger partial charge in [-0.15, -0.1) is 0 Å². The molecule has 0 saturated carbocycles. The van der Waals surface area contributed by atoms with E-state index >= 15 is 0 Å². The fourth-order valence-electron chi connectivity index (χ4n) is 1.32. The van der Waals surface area contributed by atoms with Crippen LogP contribution in [0.4, 0.5) is 0 Å². The van der Waals surface area contributed by atoms with Crippen LogP contribution in [-0.2, 0) is 9.53 Å². The van der Waals surface area contributed by atoms with Crippen molar-refractivity contribution in [1.29, 1.82) is 0 Å². The quantitative estimate of drug-likeness (QED) is 0.656. The molecule has 102 valence electrons. The molecule has 0 heterocycles. The summed E-state index contributed by atoms with van der Waals surface area (Å²) in [6.07, 6.45) is 1.79. The molecule has 0 aliphatic rings. The number of carbonyl (C=O) groups excluding carboxylic acids is 1. The van der Waals surface area contributed by atoms with Gasteiger partial charge in [0.15, 0.2) is 0 Å². The first-order chi connectivity index (χ1) is 7.57. The molecule has 0 radical (unpaired) electrons. The van der Waals surface area contributed by atoms with Crippen LogP contribution in [0, 0.1) is 5.41 Å². The number of carbonyl (C=O) groups is 1. The van der Waals surface area contributed by atoms with Crippen molar-refractivity contribution in [3.05, 3.63) is 0 Å². The van der Waals surface area contributed by atoms with Crippen molar-refractivity contribution in [1.82, 2.24) is 4.90 Å². The number of Topliss-reactive ketones (excluding diaryl/α,β-unsaturated/α-hetero) is 1. The van der Waals surface area contributed by atoms with E-state index in [1.807, 2.05) is 13.8 Å². The minimum Gasteiger partial charge on any atom is -0.375 e. The summed E-state index contributed by atoms with van der Waals surface area (Å²) in [5, 5.41) is 0. The largest absolute Gasteiger partial charge is 0.375 e. The predicted molar refractivity (Wildman–Crippen MR) is 72.3 cm³/mol. The van der Waals surface area contributed by atoms with Gasteiger partial charge in [0, 0.05) is 18.6 Å². The van der Waals surface area contributed by atoms with Gasteiger partial charge in [-0.05, 0) is 47.7 Å². The molecule has 3 heteroatoms. The zero-order valence-electron chi connectivity index (χ0n) is 12.6. The van der Waals surface area contributed by atoms with Crippen molar-refractivity contribution < 1.29 is 9.53 Å². The lowest BCUT2D eigenvalue weighted by molar-refractivity contribution is -0.127. The topological polar surface area (TPSA) is 29.5 Å². The zero-order valence-corrected chi connectivity index (χ0v) is 12.6. The maximum Gasteiger partial charge on any atom is 0.135 e. The smallest absolute Gasteiger partial charge is 0.135 e. The van der Waals surface area contributed by atoms with Gasteiger partial charge in [-0.3, -0.25) is 4.79 Å². The van der Waals surface area contributed by atoms with E-state index in [2.05, 4.69) is 32.8 Å². The molecule has 0 aliphatic carbocycles. The second-order valence-corrected chi connectivity index (χ2v) is 6.35. The van der Waals surface area contributed by atoms with Gasteiger partial charge in [0.1, 0.15) is 5.78 Å².